The number of nitrogens with zero attached hydrogens (tertiary/aromatic N) is 2. The summed E-state index contributed by atoms with van der Waals surface area (Å²) in [5, 5.41) is 5.38. The molecule has 1 aromatic rings. The average molecular weight is 479 g/mol. The fourth-order valence-electron chi connectivity index (χ4n) is 5.04. The Labute approximate surface area is 195 Å². The summed E-state index contributed by atoms with van der Waals surface area (Å²) in [7, 11) is -3.40. The van der Waals surface area contributed by atoms with Crippen molar-refractivity contribution in [2.45, 2.75) is 44.6 Å². The molecule has 3 aliphatic heterocycles. The van der Waals surface area contributed by atoms with Gasteiger partial charge in [0.15, 0.2) is 0 Å². The summed E-state index contributed by atoms with van der Waals surface area (Å²) in [5.41, 5.74) is 1.90. The normalized spacial score (nSPS) is 20.8. The molecule has 0 aliphatic carbocycles. The number of hydrogen-bond acceptors (Lipinski definition) is 6. The minimum atomic E-state index is -3.40. The number of benzene rings is 1. The van der Waals surface area contributed by atoms with Crippen molar-refractivity contribution in [3.05, 3.63) is 23.8 Å². The third-order valence-corrected chi connectivity index (χ3v) is 8.11. The Bertz CT molecular complexity index is 969. The third kappa shape index (κ3) is 6.04. The molecule has 10 heteroatoms. The molecule has 9 nitrogen and oxygen atoms in total. The highest BCUT2D eigenvalue weighted by Gasteiger charge is 2.28. The van der Waals surface area contributed by atoms with E-state index in [2.05, 4.69) is 15.5 Å². The number of carbonyl (C=O) groups excluding carboxylic acids is 2. The number of amides is 2. The van der Waals surface area contributed by atoms with Crippen LogP contribution in [0.15, 0.2) is 18.2 Å². The first-order chi connectivity index (χ1) is 15.8. The lowest BCUT2D eigenvalue weighted by molar-refractivity contribution is -0.136. The van der Waals surface area contributed by atoms with Gasteiger partial charge in [-0.15, -0.1) is 0 Å². The Morgan fingerprint density at radius 1 is 1.06 bits per heavy atom. The second-order valence-corrected chi connectivity index (χ2v) is 11.2. The van der Waals surface area contributed by atoms with Crippen LogP contribution in [0.25, 0.3) is 0 Å². The summed E-state index contributed by atoms with van der Waals surface area (Å²) in [6.07, 6.45) is 6.90. The van der Waals surface area contributed by atoms with Crippen LogP contribution in [0.1, 0.15) is 37.7 Å². The summed E-state index contributed by atoms with van der Waals surface area (Å²) in [5.74, 6) is -1.04. The molecule has 2 fully saturated rings. The van der Waals surface area contributed by atoms with Gasteiger partial charge in [-0.25, -0.2) is 8.42 Å². The minimum Gasteiger partial charge on any atom is -0.381 e. The van der Waals surface area contributed by atoms with E-state index in [0.29, 0.717) is 36.4 Å². The second kappa shape index (κ2) is 10.4. The van der Waals surface area contributed by atoms with E-state index < -0.39 is 21.8 Å². The number of hydrogen-bond donors (Lipinski definition) is 2. The first-order valence-corrected chi connectivity index (χ1v) is 13.7. The molecule has 0 radical (unpaired) electrons. The number of anilines is 2. The Morgan fingerprint density at radius 2 is 1.79 bits per heavy atom. The topological polar surface area (TPSA) is 108 Å². The molecule has 0 atom stereocenters. The molecule has 2 amide bonds. The zero-order valence-electron chi connectivity index (χ0n) is 19.2. The van der Waals surface area contributed by atoms with Gasteiger partial charge < -0.3 is 20.3 Å². The molecule has 2 N–H and O–H groups in total. The van der Waals surface area contributed by atoms with Crippen LogP contribution in [0, 0.1) is 5.92 Å². The Balaban J connectivity index is 1.26. The van der Waals surface area contributed by atoms with Crippen LogP contribution in [0.4, 0.5) is 11.4 Å². The molecule has 4 rings (SSSR count). The van der Waals surface area contributed by atoms with Crippen LogP contribution >= 0.6 is 0 Å². The summed E-state index contributed by atoms with van der Waals surface area (Å²) in [6.45, 7) is 4.61. The minimum absolute atomic E-state index is 0.366. The molecule has 0 bridgehead atoms. The van der Waals surface area contributed by atoms with E-state index in [9.17, 15) is 18.0 Å². The molecule has 1 aromatic carbocycles. The SMILES string of the molecule is CS(=O)(=O)N1CCCc2ccc(NC(=O)C(=O)NCC3CCN(C4CCOCC4)CC3)cc21. The lowest BCUT2D eigenvalue weighted by atomic mass is 9.94. The van der Waals surface area contributed by atoms with Crippen molar-refractivity contribution in [2.75, 3.05) is 55.3 Å². The molecule has 0 unspecified atom stereocenters. The van der Waals surface area contributed by atoms with Crippen molar-refractivity contribution in [1.82, 2.24) is 10.2 Å². The van der Waals surface area contributed by atoms with Gasteiger partial charge in [-0.3, -0.25) is 13.9 Å². The Morgan fingerprint density at radius 3 is 2.48 bits per heavy atom. The molecular formula is C23H34N4O5S. The van der Waals surface area contributed by atoms with Gasteiger partial charge in [0.1, 0.15) is 0 Å². The molecule has 0 spiro atoms. The lowest BCUT2D eigenvalue weighted by Gasteiger charge is -2.39. The molecular weight excluding hydrogens is 444 g/mol. The number of ether oxygens (including phenoxy) is 1. The number of carbonyl (C=O) groups is 2. The maximum atomic E-state index is 12.4. The maximum Gasteiger partial charge on any atom is 0.313 e. The van der Waals surface area contributed by atoms with Gasteiger partial charge >= 0.3 is 11.8 Å². The van der Waals surface area contributed by atoms with Gasteiger partial charge in [-0.1, -0.05) is 6.07 Å². The molecule has 0 saturated carbocycles. The highest BCUT2D eigenvalue weighted by molar-refractivity contribution is 7.92. The second-order valence-electron chi connectivity index (χ2n) is 9.27. The largest absolute Gasteiger partial charge is 0.381 e. The van der Waals surface area contributed by atoms with Crippen molar-refractivity contribution in [3.63, 3.8) is 0 Å². The smallest absolute Gasteiger partial charge is 0.313 e. The fourth-order valence-corrected chi connectivity index (χ4v) is 6.03. The summed E-state index contributed by atoms with van der Waals surface area (Å²) in [6, 6.07) is 5.76. The van der Waals surface area contributed by atoms with Crippen molar-refractivity contribution >= 4 is 33.2 Å². The predicted octanol–water partition coefficient (Wildman–Crippen LogP) is 1.34. The van der Waals surface area contributed by atoms with Crippen LogP contribution in [0.5, 0.6) is 0 Å². The molecule has 3 aliphatic rings. The number of rotatable bonds is 5. The van der Waals surface area contributed by atoms with Crippen molar-refractivity contribution in [1.29, 1.82) is 0 Å². The van der Waals surface area contributed by atoms with Crippen LogP contribution in [-0.4, -0.2) is 76.8 Å². The van der Waals surface area contributed by atoms with Crippen molar-refractivity contribution in [3.8, 4) is 0 Å². The molecule has 182 valence electrons. The summed E-state index contributed by atoms with van der Waals surface area (Å²) in [4.78, 5) is 27.3. The van der Waals surface area contributed by atoms with Crippen molar-refractivity contribution < 1.29 is 22.7 Å². The van der Waals surface area contributed by atoms with Gasteiger partial charge in [0.25, 0.3) is 0 Å². The van der Waals surface area contributed by atoms with E-state index in [1.807, 2.05) is 6.07 Å². The van der Waals surface area contributed by atoms with Gasteiger partial charge in [0.2, 0.25) is 10.0 Å². The number of likely N-dealkylation sites (tertiary alicyclic amines) is 1. The van der Waals surface area contributed by atoms with Crippen LogP contribution in [0.3, 0.4) is 0 Å². The predicted molar refractivity (Wildman–Crippen MR) is 127 cm³/mol. The van der Waals surface area contributed by atoms with E-state index in [1.54, 1.807) is 12.1 Å². The van der Waals surface area contributed by atoms with Crippen molar-refractivity contribution in [2.24, 2.45) is 5.92 Å². The van der Waals surface area contributed by atoms with Gasteiger partial charge in [0, 0.05) is 38.0 Å². The van der Waals surface area contributed by atoms with E-state index >= 15 is 0 Å². The van der Waals surface area contributed by atoms with Gasteiger partial charge in [0.05, 0.1) is 11.9 Å². The first-order valence-electron chi connectivity index (χ1n) is 11.8. The fraction of sp³-hybridized carbons (Fsp3) is 0.652. The maximum absolute atomic E-state index is 12.4. The van der Waals surface area contributed by atoms with Gasteiger partial charge in [-0.2, -0.15) is 0 Å². The Hall–Kier alpha value is -2.17. The van der Waals surface area contributed by atoms with E-state index in [1.165, 1.54) is 10.6 Å². The standard InChI is InChI=1S/C23H34N4O5S/c1-33(30,31)27-10-2-3-18-4-5-19(15-21(18)27)25-23(29)22(28)24-16-17-6-11-26(12-7-17)20-8-13-32-14-9-20/h4-5,15,17,20H,2-3,6-14,16H2,1H3,(H,24,28)(H,25,29). The monoisotopic (exact) mass is 478 g/mol. The zero-order chi connectivity index (χ0) is 23.4. The number of fused-ring (bicyclic) bond motifs is 1. The van der Waals surface area contributed by atoms with Crippen LogP contribution in [0.2, 0.25) is 0 Å². The number of aryl methyl sites for hydroxylation is 1. The Kier molecular flexibility index (Phi) is 7.55. The highest BCUT2D eigenvalue weighted by atomic mass is 32.2. The van der Waals surface area contributed by atoms with E-state index in [4.69, 9.17) is 4.74 Å². The third-order valence-electron chi connectivity index (χ3n) is 6.93. The summed E-state index contributed by atoms with van der Waals surface area (Å²) < 4.78 is 31.0. The molecule has 0 aromatic heterocycles. The lowest BCUT2D eigenvalue weighted by Crippen LogP contribution is -2.46. The number of sulfonamides is 1. The number of nitrogens with one attached hydrogen (secondary N) is 2. The van der Waals surface area contributed by atoms with Gasteiger partial charge in [-0.05, 0) is 75.2 Å². The average Bonchev–Trinajstić information content (AvgIpc) is 2.82. The van der Waals surface area contributed by atoms with Crippen LogP contribution in [-0.2, 0) is 30.8 Å². The van der Waals surface area contributed by atoms with E-state index in [-0.39, 0.29) is 0 Å². The highest BCUT2D eigenvalue weighted by Crippen LogP contribution is 2.31. The molecule has 3 heterocycles. The molecule has 2 saturated heterocycles. The summed E-state index contributed by atoms with van der Waals surface area (Å²) >= 11 is 0. The molecule has 33 heavy (non-hydrogen) atoms. The number of piperidine rings is 1. The quantitative estimate of drug-likeness (QED) is 0.619. The first kappa shape index (κ1) is 24.0. The van der Waals surface area contributed by atoms with E-state index in [0.717, 1.165) is 70.4 Å². The van der Waals surface area contributed by atoms with Crippen LogP contribution < -0.4 is 14.9 Å². The zero-order valence-corrected chi connectivity index (χ0v) is 20.0.